The fourth-order valence-electron chi connectivity index (χ4n) is 2.90. The third-order valence-corrected chi connectivity index (χ3v) is 4.34. The van der Waals surface area contributed by atoms with Gasteiger partial charge in [0.05, 0.1) is 22.9 Å². The number of allylic oxidation sites excluding steroid dienone is 1. The molecule has 0 spiro atoms. The van der Waals surface area contributed by atoms with E-state index in [1.165, 1.54) is 6.20 Å². The van der Waals surface area contributed by atoms with E-state index >= 15 is 0 Å². The van der Waals surface area contributed by atoms with Gasteiger partial charge in [0.15, 0.2) is 5.82 Å². The molecule has 0 fully saturated rings. The van der Waals surface area contributed by atoms with Gasteiger partial charge in [0, 0.05) is 56.0 Å². The van der Waals surface area contributed by atoms with Crippen molar-refractivity contribution in [2.45, 2.75) is 13.8 Å². The predicted octanol–water partition coefficient (Wildman–Crippen LogP) is 3.01. The lowest BCUT2D eigenvalue weighted by Gasteiger charge is -2.20. The zero-order valence-electron chi connectivity index (χ0n) is 16.3. The van der Waals surface area contributed by atoms with Gasteiger partial charge in [-0.05, 0) is 32.0 Å². The van der Waals surface area contributed by atoms with Crippen LogP contribution in [0.5, 0.6) is 0 Å². The van der Waals surface area contributed by atoms with Crippen molar-refractivity contribution < 1.29 is 0 Å². The number of rotatable bonds is 7. The first-order valence-corrected chi connectivity index (χ1v) is 9.14. The topological polar surface area (TPSA) is 105 Å². The van der Waals surface area contributed by atoms with Gasteiger partial charge in [0.1, 0.15) is 5.82 Å². The van der Waals surface area contributed by atoms with Crippen LogP contribution in [0.4, 0.5) is 17.3 Å². The molecule has 0 aliphatic carbocycles. The maximum absolute atomic E-state index is 5.70. The third-order valence-electron chi connectivity index (χ3n) is 4.34. The van der Waals surface area contributed by atoms with Crippen LogP contribution in [0, 0.1) is 0 Å². The molecule has 0 aliphatic rings. The molecule has 0 aromatic carbocycles. The SMILES string of the molecule is CCN(CC)c1cnnc(Nc2ccc3ncc(C(C=NC)=CN)cc3n2)c1. The highest BCUT2D eigenvalue weighted by Gasteiger charge is 2.07. The highest BCUT2D eigenvalue weighted by atomic mass is 15.2. The van der Waals surface area contributed by atoms with E-state index < -0.39 is 0 Å². The number of nitrogens with two attached hydrogens (primary N) is 1. The number of fused-ring (bicyclic) bond motifs is 1. The minimum atomic E-state index is 0.640. The smallest absolute Gasteiger partial charge is 0.156 e. The second-order valence-corrected chi connectivity index (χ2v) is 6.06. The molecule has 28 heavy (non-hydrogen) atoms. The summed E-state index contributed by atoms with van der Waals surface area (Å²) in [6, 6.07) is 7.68. The molecule has 144 valence electrons. The molecule has 0 amide bonds. The van der Waals surface area contributed by atoms with Crippen LogP contribution < -0.4 is 16.0 Å². The van der Waals surface area contributed by atoms with E-state index in [1.807, 2.05) is 24.3 Å². The van der Waals surface area contributed by atoms with E-state index in [0.717, 1.165) is 40.9 Å². The molecule has 0 radical (unpaired) electrons. The number of hydrogen-bond acceptors (Lipinski definition) is 8. The summed E-state index contributed by atoms with van der Waals surface area (Å²) in [7, 11) is 1.70. The number of aliphatic imine (C=N–C) groups is 1. The summed E-state index contributed by atoms with van der Waals surface area (Å²) < 4.78 is 0. The Morgan fingerprint density at radius 2 is 1.96 bits per heavy atom. The van der Waals surface area contributed by atoms with E-state index in [0.29, 0.717) is 11.6 Å². The van der Waals surface area contributed by atoms with Crippen molar-refractivity contribution in [3.8, 4) is 0 Å². The lowest BCUT2D eigenvalue weighted by Crippen LogP contribution is -2.22. The molecule has 3 aromatic rings. The van der Waals surface area contributed by atoms with Crippen molar-refractivity contribution in [1.82, 2.24) is 20.2 Å². The first kappa shape index (κ1) is 19.2. The summed E-state index contributed by atoms with van der Waals surface area (Å²) in [6.45, 7) is 6.03. The second kappa shape index (κ2) is 8.90. The van der Waals surface area contributed by atoms with E-state index in [9.17, 15) is 0 Å². The van der Waals surface area contributed by atoms with Crippen molar-refractivity contribution >= 4 is 40.1 Å². The van der Waals surface area contributed by atoms with Crippen LogP contribution in [-0.2, 0) is 0 Å². The predicted molar refractivity (Wildman–Crippen MR) is 115 cm³/mol. The molecule has 0 atom stereocenters. The Labute approximate surface area is 164 Å². The summed E-state index contributed by atoms with van der Waals surface area (Å²) in [6.07, 6.45) is 6.72. The normalized spacial score (nSPS) is 11.9. The molecule has 8 heteroatoms. The monoisotopic (exact) mass is 376 g/mol. The van der Waals surface area contributed by atoms with Gasteiger partial charge < -0.3 is 16.0 Å². The molecule has 3 rings (SSSR count). The fraction of sp³-hybridized carbons (Fsp3) is 0.250. The Hall–Kier alpha value is -3.55. The van der Waals surface area contributed by atoms with Gasteiger partial charge in [-0.2, -0.15) is 5.10 Å². The third kappa shape index (κ3) is 4.22. The molecule has 8 nitrogen and oxygen atoms in total. The molecule has 3 heterocycles. The van der Waals surface area contributed by atoms with E-state index in [1.54, 1.807) is 25.7 Å². The van der Waals surface area contributed by atoms with Crippen molar-refractivity contribution in [1.29, 1.82) is 0 Å². The number of pyridine rings is 2. The van der Waals surface area contributed by atoms with Crippen molar-refractivity contribution in [3.63, 3.8) is 0 Å². The maximum Gasteiger partial charge on any atom is 0.156 e. The first-order valence-electron chi connectivity index (χ1n) is 9.14. The first-order chi connectivity index (χ1) is 13.7. The number of anilines is 3. The average molecular weight is 376 g/mol. The van der Waals surface area contributed by atoms with Gasteiger partial charge in [-0.25, -0.2) is 4.98 Å². The van der Waals surface area contributed by atoms with Crippen LogP contribution >= 0.6 is 0 Å². The van der Waals surface area contributed by atoms with Gasteiger partial charge in [0.2, 0.25) is 0 Å². The average Bonchev–Trinajstić information content (AvgIpc) is 2.73. The second-order valence-electron chi connectivity index (χ2n) is 6.06. The minimum Gasteiger partial charge on any atom is -0.404 e. The van der Waals surface area contributed by atoms with Gasteiger partial charge >= 0.3 is 0 Å². The van der Waals surface area contributed by atoms with E-state index in [-0.39, 0.29) is 0 Å². The van der Waals surface area contributed by atoms with Crippen molar-refractivity contribution in [2.24, 2.45) is 10.7 Å². The lowest BCUT2D eigenvalue weighted by atomic mass is 10.1. The van der Waals surface area contributed by atoms with Gasteiger partial charge in [0.25, 0.3) is 0 Å². The number of nitrogens with zero attached hydrogens (tertiary/aromatic N) is 6. The van der Waals surface area contributed by atoms with Crippen LogP contribution in [0.1, 0.15) is 19.4 Å². The quantitative estimate of drug-likeness (QED) is 0.611. The molecule has 0 saturated carbocycles. The van der Waals surface area contributed by atoms with Crippen molar-refractivity contribution in [2.75, 3.05) is 30.4 Å². The van der Waals surface area contributed by atoms with Gasteiger partial charge in [-0.15, -0.1) is 5.10 Å². The standard InChI is InChI=1S/C20H24N8/c1-4-28(5-2)16-9-20(27-24-13-16)26-19-7-6-17-18(25-19)8-14(12-23-17)15(10-21)11-22-3/h6-13H,4-5,21H2,1-3H3,(H,25,26,27). The van der Waals surface area contributed by atoms with E-state index in [4.69, 9.17) is 5.73 Å². The summed E-state index contributed by atoms with van der Waals surface area (Å²) >= 11 is 0. The Kier molecular flexibility index (Phi) is 6.11. The Morgan fingerprint density at radius 3 is 2.68 bits per heavy atom. The summed E-state index contributed by atoms with van der Waals surface area (Å²) in [5.41, 5.74) is 9.90. The molecule has 0 saturated heterocycles. The molecule has 3 N–H and O–H groups in total. The molecule has 3 aromatic heterocycles. The van der Waals surface area contributed by atoms with Crippen LogP contribution in [0.3, 0.4) is 0 Å². The fourth-order valence-corrected chi connectivity index (χ4v) is 2.90. The summed E-state index contributed by atoms with van der Waals surface area (Å²) in [5, 5.41) is 11.5. The maximum atomic E-state index is 5.70. The zero-order chi connectivity index (χ0) is 19.9. The zero-order valence-corrected chi connectivity index (χ0v) is 16.3. The lowest BCUT2D eigenvalue weighted by molar-refractivity contribution is 0.855. The van der Waals surface area contributed by atoms with Crippen LogP contribution in [0.25, 0.3) is 16.6 Å². The number of hydrogen-bond donors (Lipinski definition) is 2. The highest BCUT2D eigenvalue weighted by Crippen LogP contribution is 2.22. The molecule has 0 aliphatic heterocycles. The number of aromatic nitrogens is 4. The number of nitrogens with one attached hydrogen (secondary N) is 1. The summed E-state index contributed by atoms with van der Waals surface area (Å²) in [5.74, 6) is 1.31. The van der Waals surface area contributed by atoms with Crippen LogP contribution in [0.15, 0.2) is 47.9 Å². The molecule has 0 bridgehead atoms. The largest absolute Gasteiger partial charge is 0.404 e. The minimum absolute atomic E-state index is 0.640. The molecule has 0 unspecified atom stereocenters. The van der Waals surface area contributed by atoms with Gasteiger partial charge in [-0.1, -0.05) is 0 Å². The highest BCUT2D eigenvalue weighted by molar-refractivity contribution is 6.10. The van der Waals surface area contributed by atoms with E-state index in [2.05, 4.69) is 49.2 Å². The van der Waals surface area contributed by atoms with Crippen molar-refractivity contribution in [3.05, 3.63) is 48.4 Å². The van der Waals surface area contributed by atoms with Crippen LogP contribution in [-0.4, -0.2) is 46.5 Å². The van der Waals surface area contributed by atoms with Crippen LogP contribution in [0.2, 0.25) is 0 Å². The molecular weight excluding hydrogens is 352 g/mol. The summed E-state index contributed by atoms with van der Waals surface area (Å²) in [4.78, 5) is 15.3. The Bertz CT molecular complexity index is 1010. The Morgan fingerprint density at radius 1 is 1.14 bits per heavy atom. The Balaban J connectivity index is 1.91. The van der Waals surface area contributed by atoms with Gasteiger partial charge in [-0.3, -0.25) is 9.98 Å². The molecular formula is C20H24N8.